The minimum atomic E-state index is -0.211. The molecule has 0 saturated carbocycles. The molecule has 1 fully saturated rings. The highest BCUT2D eigenvalue weighted by atomic mass is 16.7. The molecular weight excluding hydrogens is 244 g/mol. The summed E-state index contributed by atoms with van der Waals surface area (Å²) in [5.74, 6) is -0.211. The quantitative estimate of drug-likeness (QED) is 0.502. The van der Waals surface area contributed by atoms with Gasteiger partial charge in [0.15, 0.2) is 6.29 Å². The molecule has 2 atom stereocenters. The number of hydrogen-bond acceptors (Lipinski definition) is 4. The van der Waals surface area contributed by atoms with Gasteiger partial charge in [-0.1, -0.05) is 19.1 Å². The maximum atomic E-state index is 11.1. The number of ether oxygens (including phenoxy) is 3. The van der Waals surface area contributed by atoms with Crippen LogP contribution in [0.2, 0.25) is 0 Å². The van der Waals surface area contributed by atoms with E-state index in [1.54, 1.807) is 0 Å². The highest BCUT2D eigenvalue weighted by Crippen LogP contribution is 2.37. The van der Waals surface area contributed by atoms with E-state index in [1.807, 2.05) is 6.92 Å². The van der Waals surface area contributed by atoms with Crippen LogP contribution in [0.15, 0.2) is 12.2 Å². The molecule has 0 bridgehead atoms. The van der Waals surface area contributed by atoms with Crippen LogP contribution >= 0.6 is 0 Å². The van der Waals surface area contributed by atoms with Crippen LogP contribution in [0.25, 0.3) is 0 Å². The molecule has 19 heavy (non-hydrogen) atoms. The second kappa shape index (κ2) is 7.65. The highest BCUT2D eigenvalue weighted by molar-refractivity contribution is 5.71. The molecule has 1 saturated heterocycles. The maximum absolute atomic E-state index is 11.1. The van der Waals surface area contributed by atoms with Gasteiger partial charge in [-0.3, -0.25) is 4.79 Å². The van der Waals surface area contributed by atoms with Gasteiger partial charge in [0.1, 0.15) is 0 Å². The van der Waals surface area contributed by atoms with Crippen LogP contribution in [0.5, 0.6) is 0 Å². The summed E-state index contributed by atoms with van der Waals surface area (Å²) < 4.78 is 15.7. The van der Waals surface area contributed by atoms with Gasteiger partial charge < -0.3 is 14.2 Å². The third-order valence-electron chi connectivity index (χ3n) is 3.56. The summed E-state index contributed by atoms with van der Waals surface area (Å²) in [5.41, 5.74) is 1.13. The normalized spacial score (nSPS) is 26.4. The number of rotatable bonds is 8. The van der Waals surface area contributed by atoms with E-state index in [0.29, 0.717) is 13.0 Å². The van der Waals surface area contributed by atoms with Gasteiger partial charge in [0.2, 0.25) is 0 Å². The summed E-state index contributed by atoms with van der Waals surface area (Å²) in [6.07, 6.45) is 4.18. The summed E-state index contributed by atoms with van der Waals surface area (Å²) in [7, 11) is 1.40. The van der Waals surface area contributed by atoms with Crippen molar-refractivity contribution in [3.05, 3.63) is 12.2 Å². The molecule has 0 unspecified atom stereocenters. The lowest BCUT2D eigenvalue weighted by atomic mass is 9.83. The van der Waals surface area contributed by atoms with Crippen molar-refractivity contribution in [1.82, 2.24) is 0 Å². The largest absolute Gasteiger partial charge is 0.469 e. The molecule has 1 aliphatic rings. The predicted molar refractivity (Wildman–Crippen MR) is 73.7 cm³/mol. The zero-order valence-electron chi connectivity index (χ0n) is 12.4. The Bertz CT molecular complexity index is 313. The standard InChI is InChI=1S/C15H26O4/c1-5-18-14-10-15(3,11-19-14)8-6-7-12(2)9-13(16)17-4/h14H,2,5-11H2,1,3-4H3/t14-,15-/m1/s1. The van der Waals surface area contributed by atoms with Gasteiger partial charge in [0, 0.05) is 13.0 Å². The number of esters is 1. The molecule has 110 valence electrons. The van der Waals surface area contributed by atoms with Crippen LogP contribution in [0.1, 0.15) is 46.0 Å². The maximum Gasteiger partial charge on any atom is 0.309 e. The number of hydrogen-bond donors (Lipinski definition) is 0. The van der Waals surface area contributed by atoms with Crippen molar-refractivity contribution in [2.75, 3.05) is 20.3 Å². The Hall–Kier alpha value is -0.870. The Morgan fingerprint density at radius 1 is 1.53 bits per heavy atom. The summed E-state index contributed by atoms with van der Waals surface area (Å²) in [5, 5.41) is 0. The van der Waals surface area contributed by atoms with Gasteiger partial charge in [-0.15, -0.1) is 0 Å². The van der Waals surface area contributed by atoms with Crippen LogP contribution in [0, 0.1) is 5.41 Å². The summed E-state index contributed by atoms with van der Waals surface area (Å²) in [6.45, 7) is 9.57. The first-order chi connectivity index (χ1) is 8.99. The molecule has 0 aliphatic carbocycles. The second-order valence-corrected chi connectivity index (χ2v) is 5.57. The van der Waals surface area contributed by atoms with Crippen molar-refractivity contribution < 1.29 is 19.0 Å². The Labute approximate surface area is 116 Å². The van der Waals surface area contributed by atoms with Gasteiger partial charge in [0.05, 0.1) is 20.1 Å². The van der Waals surface area contributed by atoms with Crippen molar-refractivity contribution in [3.63, 3.8) is 0 Å². The molecule has 1 aliphatic heterocycles. The van der Waals surface area contributed by atoms with Gasteiger partial charge in [-0.2, -0.15) is 0 Å². The molecule has 0 N–H and O–H groups in total. The molecule has 0 aromatic heterocycles. The Morgan fingerprint density at radius 2 is 2.26 bits per heavy atom. The Balaban J connectivity index is 2.22. The van der Waals surface area contributed by atoms with Crippen molar-refractivity contribution in [2.24, 2.45) is 5.41 Å². The average Bonchev–Trinajstić information content (AvgIpc) is 2.71. The molecule has 0 aromatic carbocycles. The zero-order valence-corrected chi connectivity index (χ0v) is 12.4. The van der Waals surface area contributed by atoms with Crippen LogP contribution in [0.3, 0.4) is 0 Å². The molecule has 1 rings (SSSR count). The fourth-order valence-corrected chi connectivity index (χ4v) is 2.41. The first-order valence-corrected chi connectivity index (χ1v) is 6.96. The minimum absolute atomic E-state index is 0.0479. The lowest BCUT2D eigenvalue weighted by Crippen LogP contribution is -2.17. The molecular formula is C15H26O4. The summed E-state index contributed by atoms with van der Waals surface area (Å²) in [4.78, 5) is 11.1. The van der Waals surface area contributed by atoms with E-state index in [9.17, 15) is 4.79 Å². The number of methoxy groups -OCH3 is 1. The molecule has 4 heteroatoms. The van der Waals surface area contributed by atoms with E-state index in [2.05, 4.69) is 18.2 Å². The minimum Gasteiger partial charge on any atom is -0.469 e. The van der Waals surface area contributed by atoms with E-state index in [0.717, 1.165) is 37.9 Å². The van der Waals surface area contributed by atoms with E-state index in [-0.39, 0.29) is 17.7 Å². The zero-order chi connectivity index (χ0) is 14.3. The van der Waals surface area contributed by atoms with E-state index in [4.69, 9.17) is 9.47 Å². The van der Waals surface area contributed by atoms with Crippen LogP contribution in [-0.2, 0) is 19.0 Å². The van der Waals surface area contributed by atoms with E-state index >= 15 is 0 Å². The Morgan fingerprint density at radius 3 is 2.89 bits per heavy atom. The smallest absolute Gasteiger partial charge is 0.309 e. The van der Waals surface area contributed by atoms with Crippen LogP contribution < -0.4 is 0 Å². The molecule has 4 nitrogen and oxygen atoms in total. The fraction of sp³-hybridized carbons (Fsp3) is 0.800. The van der Waals surface area contributed by atoms with Crippen LogP contribution in [0.4, 0.5) is 0 Å². The van der Waals surface area contributed by atoms with Crippen molar-refractivity contribution in [1.29, 1.82) is 0 Å². The SMILES string of the molecule is C=C(CCC[C@@]1(C)CO[C@@H](OCC)C1)CC(=O)OC. The monoisotopic (exact) mass is 270 g/mol. The average molecular weight is 270 g/mol. The third kappa shape index (κ3) is 5.74. The highest BCUT2D eigenvalue weighted by Gasteiger charge is 2.35. The molecule has 0 amide bonds. The Kier molecular flexibility index (Phi) is 6.52. The summed E-state index contributed by atoms with van der Waals surface area (Å²) >= 11 is 0. The first kappa shape index (κ1) is 16.2. The van der Waals surface area contributed by atoms with Gasteiger partial charge in [0.25, 0.3) is 0 Å². The lowest BCUT2D eigenvalue weighted by Gasteiger charge is -2.21. The third-order valence-corrected chi connectivity index (χ3v) is 3.56. The van der Waals surface area contributed by atoms with Crippen LogP contribution in [-0.4, -0.2) is 32.6 Å². The molecule has 0 spiro atoms. The van der Waals surface area contributed by atoms with Crippen molar-refractivity contribution in [3.8, 4) is 0 Å². The van der Waals surface area contributed by atoms with Gasteiger partial charge >= 0.3 is 5.97 Å². The topological polar surface area (TPSA) is 44.8 Å². The van der Waals surface area contributed by atoms with E-state index in [1.165, 1.54) is 7.11 Å². The van der Waals surface area contributed by atoms with Gasteiger partial charge in [-0.25, -0.2) is 0 Å². The number of carbonyl (C=O) groups is 1. The lowest BCUT2D eigenvalue weighted by molar-refractivity contribution is -0.139. The van der Waals surface area contributed by atoms with E-state index < -0.39 is 0 Å². The second-order valence-electron chi connectivity index (χ2n) is 5.57. The molecule has 0 radical (unpaired) electrons. The summed E-state index contributed by atoms with van der Waals surface area (Å²) in [6, 6.07) is 0. The van der Waals surface area contributed by atoms with Gasteiger partial charge in [-0.05, 0) is 31.6 Å². The first-order valence-electron chi connectivity index (χ1n) is 6.96. The molecule has 1 heterocycles. The molecule has 0 aromatic rings. The predicted octanol–water partition coefficient (Wildman–Crippen LogP) is 3.07. The number of carbonyl (C=O) groups excluding carboxylic acids is 1. The van der Waals surface area contributed by atoms with Crippen molar-refractivity contribution in [2.45, 2.75) is 52.2 Å². The fourth-order valence-electron chi connectivity index (χ4n) is 2.41. The van der Waals surface area contributed by atoms with Crippen molar-refractivity contribution >= 4 is 5.97 Å².